The van der Waals surface area contributed by atoms with E-state index in [4.69, 9.17) is 10.5 Å². The van der Waals surface area contributed by atoms with Crippen molar-refractivity contribution >= 4 is 6.09 Å². The number of hydrogen-bond acceptors (Lipinski definition) is 5. The van der Waals surface area contributed by atoms with Gasteiger partial charge >= 0.3 is 6.09 Å². The lowest BCUT2D eigenvalue weighted by Gasteiger charge is -2.44. The van der Waals surface area contributed by atoms with E-state index in [0.717, 1.165) is 25.1 Å². The number of hydrogen-bond donors (Lipinski definition) is 2. The van der Waals surface area contributed by atoms with E-state index in [2.05, 4.69) is 18.7 Å². The zero-order chi connectivity index (χ0) is 21.6. The highest BCUT2D eigenvalue weighted by atomic mass is 16.6. The Morgan fingerprint density at radius 1 is 1.24 bits per heavy atom. The van der Waals surface area contributed by atoms with Crippen LogP contribution in [0.15, 0.2) is 30.3 Å². The predicted octanol–water partition coefficient (Wildman–Crippen LogP) is 2.88. The van der Waals surface area contributed by atoms with Gasteiger partial charge in [0.2, 0.25) is 0 Å². The zero-order valence-corrected chi connectivity index (χ0v) is 18.7. The van der Waals surface area contributed by atoms with Crippen LogP contribution in [-0.4, -0.2) is 71.0 Å². The summed E-state index contributed by atoms with van der Waals surface area (Å²) in [5.41, 5.74) is 6.89. The van der Waals surface area contributed by atoms with Crippen molar-refractivity contribution in [2.24, 2.45) is 11.7 Å². The van der Waals surface area contributed by atoms with Crippen LogP contribution in [0.3, 0.4) is 0 Å². The number of aliphatic hydroxyl groups excluding tert-OH is 1. The maximum Gasteiger partial charge on any atom is 0.410 e. The average Bonchev–Trinajstić information content (AvgIpc) is 2.65. The number of aliphatic hydroxyl groups is 1. The lowest BCUT2D eigenvalue weighted by atomic mass is 9.94. The Morgan fingerprint density at radius 2 is 1.90 bits per heavy atom. The molecule has 1 fully saturated rings. The van der Waals surface area contributed by atoms with Gasteiger partial charge in [-0.05, 0) is 51.6 Å². The first-order valence-corrected chi connectivity index (χ1v) is 10.8. The molecule has 29 heavy (non-hydrogen) atoms. The maximum absolute atomic E-state index is 12.8. The molecule has 6 nitrogen and oxygen atoms in total. The zero-order valence-electron chi connectivity index (χ0n) is 18.7. The van der Waals surface area contributed by atoms with Crippen molar-refractivity contribution in [3.63, 3.8) is 0 Å². The van der Waals surface area contributed by atoms with Crippen molar-refractivity contribution in [3.05, 3.63) is 35.9 Å². The second-order valence-corrected chi connectivity index (χ2v) is 9.57. The van der Waals surface area contributed by atoms with Crippen molar-refractivity contribution in [2.45, 2.75) is 71.2 Å². The number of carbonyl (C=O) groups excluding carboxylic acids is 1. The number of ether oxygens (including phenoxy) is 1. The smallest absolute Gasteiger partial charge is 0.410 e. The van der Waals surface area contributed by atoms with E-state index in [1.165, 1.54) is 0 Å². The van der Waals surface area contributed by atoms with Gasteiger partial charge in [0.25, 0.3) is 0 Å². The fraction of sp³-hybridized carbons (Fsp3) is 0.696. The molecule has 1 heterocycles. The summed E-state index contributed by atoms with van der Waals surface area (Å²) in [5.74, 6) is 0.614. The maximum atomic E-state index is 12.8. The number of rotatable bonds is 7. The molecule has 3 N–H and O–H groups in total. The molecule has 1 aliphatic rings. The Balaban J connectivity index is 2.12. The van der Waals surface area contributed by atoms with Crippen molar-refractivity contribution in [1.82, 2.24) is 9.80 Å². The van der Waals surface area contributed by atoms with Crippen LogP contribution in [0, 0.1) is 5.92 Å². The number of nitrogens with two attached hydrogens (primary N) is 1. The molecule has 3 atom stereocenters. The van der Waals surface area contributed by atoms with Crippen molar-refractivity contribution in [3.8, 4) is 0 Å². The lowest BCUT2D eigenvalue weighted by Crippen LogP contribution is -2.63. The van der Waals surface area contributed by atoms with Gasteiger partial charge in [-0.3, -0.25) is 9.80 Å². The summed E-state index contributed by atoms with van der Waals surface area (Å²) in [6, 6.07) is 9.07. The first-order chi connectivity index (χ1) is 13.6. The number of nitrogens with zero attached hydrogens (tertiary/aromatic N) is 2. The summed E-state index contributed by atoms with van der Waals surface area (Å²) in [6.07, 6.45) is 0.444. The Hall–Kier alpha value is -1.63. The minimum atomic E-state index is -0.829. The highest BCUT2D eigenvalue weighted by Crippen LogP contribution is 2.21. The number of benzene rings is 1. The Bertz CT molecular complexity index is 630. The van der Waals surface area contributed by atoms with Crippen LogP contribution < -0.4 is 5.73 Å². The first kappa shape index (κ1) is 23.6. The van der Waals surface area contributed by atoms with Gasteiger partial charge in [0.1, 0.15) is 5.60 Å². The third kappa shape index (κ3) is 7.61. The summed E-state index contributed by atoms with van der Waals surface area (Å²) in [6.45, 7) is 12.9. The Labute approximate surface area is 176 Å². The summed E-state index contributed by atoms with van der Waals surface area (Å²) in [7, 11) is 0. The predicted molar refractivity (Wildman–Crippen MR) is 117 cm³/mol. The second-order valence-electron chi connectivity index (χ2n) is 9.57. The summed E-state index contributed by atoms with van der Waals surface area (Å²) in [5, 5.41) is 11.1. The number of carbonyl (C=O) groups is 1. The van der Waals surface area contributed by atoms with Crippen molar-refractivity contribution < 1.29 is 14.6 Å². The van der Waals surface area contributed by atoms with Gasteiger partial charge in [-0.15, -0.1) is 0 Å². The van der Waals surface area contributed by atoms with Crippen LogP contribution in [0.1, 0.15) is 46.6 Å². The molecule has 1 aromatic carbocycles. The molecule has 0 radical (unpaired) electrons. The molecule has 0 bridgehead atoms. The molecule has 0 saturated carbocycles. The number of piperazine rings is 1. The monoisotopic (exact) mass is 405 g/mol. The Morgan fingerprint density at radius 3 is 2.48 bits per heavy atom. The van der Waals surface area contributed by atoms with Gasteiger partial charge in [-0.25, -0.2) is 4.79 Å². The normalized spacial score (nSPS) is 20.6. The third-order valence-electron chi connectivity index (χ3n) is 5.30. The molecule has 6 heteroatoms. The van der Waals surface area contributed by atoms with E-state index < -0.39 is 17.7 Å². The van der Waals surface area contributed by atoms with Gasteiger partial charge in [0, 0.05) is 25.7 Å². The van der Waals surface area contributed by atoms with Gasteiger partial charge in [0.05, 0.1) is 12.1 Å². The Kier molecular flexibility index (Phi) is 8.49. The summed E-state index contributed by atoms with van der Waals surface area (Å²) in [4.78, 5) is 16.8. The van der Waals surface area contributed by atoms with Crippen LogP contribution in [0.4, 0.5) is 4.79 Å². The van der Waals surface area contributed by atoms with Crippen LogP contribution in [0.2, 0.25) is 0 Å². The standard InChI is InChI=1S/C23H39N3O3/c1-17(2)11-12-25-13-14-26(22(28)29-23(3,4)5)20(16-25)21(27)19(24)15-18-9-7-6-8-10-18/h6-10,17,19-21,27H,11-16,24H2,1-5H3/t19-,20-,21-/m1/s1. The molecule has 1 aliphatic heterocycles. The molecule has 0 spiro atoms. The minimum absolute atomic E-state index is 0.378. The number of amides is 1. The van der Waals surface area contributed by atoms with Gasteiger partial charge in [-0.1, -0.05) is 44.2 Å². The molecule has 2 rings (SSSR count). The highest BCUT2D eigenvalue weighted by molar-refractivity contribution is 5.69. The molecule has 164 valence electrons. The molecular formula is C23H39N3O3. The first-order valence-electron chi connectivity index (χ1n) is 10.8. The highest BCUT2D eigenvalue weighted by Gasteiger charge is 2.39. The average molecular weight is 406 g/mol. The van der Waals surface area contributed by atoms with Crippen LogP contribution >= 0.6 is 0 Å². The van der Waals surface area contributed by atoms with Gasteiger partial charge in [-0.2, -0.15) is 0 Å². The van der Waals surface area contributed by atoms with E-state index in [1.807, 2.05) is 51.1 Å². The molecule has 0 aliphatic carbocycles. The SMILES string of the molecule is CC(C)CCN1CCN(C(=O)OC(C)(C)C)[C@@H]([C@H](O)[C@H](N)Cc2ccccc2)C1. The molecule has 0 aromatic heterocycles. The van der Waals surface area contributed by atoms with E-state index in [1.54, 1.807) is 4.90 Å². The second kappa shape index (κ2) is 10.4. The van der Waals surface area contributed by atoms with Crippen LogP contribution in [-0.2, 0) is 11.2 Å². The van der Waals surface area contributed by atoms with Crippen molar-refractivity contribution in [2.75, 3.05) is 26.2 Å². The fourth-order valence-electron chi connectivity index (χ4n) is 3.65. The van der Waals surface area contributed by atoms with E-state index >= 15 is 0 Å². The molecular weight excluding hydrogens is 366 g/mol. The minimum Gasteiger partial charge on any atom is -0.444 e. The van der Waals surface area contributed by atoms with E-state index in [0.29, 0.717) is 25.4 Å². The largest absolute Gasteiger partial charge is 0.444 e. The van der Waals surface area contributed by atoms with E-state index in [-0.39, 0.29) is 12.1 Å². The lowest BCUT2D eigenvalue weighted by molar-refractivity contribution is -0.0380. The molecule has 1 aromatic rings. The summed E-state index contributed by atoms with van der Waals surface area (Å²) < 4.78 is 5.61. The van der Waals surface area contributed by atoms with E-state index in [9.17, 15) is 9.90 Å². The fourth-order valence-corrected chi connectivity index (χ4v) is 3.65. The van der Waals surface area contributed by atoms with Gasteiger partial charge in [0.15, 0.2) is 0 Å². The topological polar surface area (TPSA) is 79.0 Å². The summed E-state index contributed by atoms with van der Waals surface area (Å²) >= 11 is 0. The molecule has 1 amide bonds. The third-order valence-corrected chi connectivity index (χ3v) is 5.30. The van der Waals surface area contributed by atoms with Crippen molar-refractivity contribution in [1.29, 1.82) is 0 Å². The molecule has 1 saturated heterocycles. The quantitative estimate of drug-likeness (QED) is 0.729. The van der Waals surface area contributed by atoms with Crippen LogP contribution in [0.5, 0.6) is 0 Å². The molecule has 0 unspecified atom stereocenters. The van der Waals surface area contributed by atoms with Crippen LogP contribution in [0.25, 0.3) is 0 Å². The van der Waals surface area contributed by atoms with Gasteiger partial charge < -0.3 is 15.6 Å².